The summed E-state index contributed by atoms with van der Waals surface area (Å²) in [6.45, 7) is 9.86. The summed E-state index contributed by atoms with van der Waals surface area (Å²) in [5.41, 5.74) is 1.52. The number of fused-ring (bicyclic) bond motifs is 1. The van der Waals surface area contributed by atoms with Crippen LogP contribution in [0.2, 0.25) is 0 Å². The Bertz CT molecular complexity index is 541. The molecule has 0 atom stereocenters. The molecule has 1 aromatic heterocycles. The molecule has 3 rings (SSSR count). The van der Waals surface area contributed by atoms with E-state index >= 15 is 0 Å². The maximum absolute atomic E-state index is 5.67. The second kappa shape index (κ2) is 10.1. The largest absolute Gasteiger partial charge is 0.381 e. The van der Waals surface area contributed by atoms with Crippen LogP contribution in [0.25, 0.3) is 0 Å². The molecule has 1 saturated carbocycles. The Kier molecular flexibility index (Phi) is 7.57. The summed E-state index contributed by atoms with van der Waals surface area (Å²) in [4.78, 5) is 8.75. The van der Waals surface area contributed by atoms with Gasteiger partial charge in [-0.1, -0.05) is 0 Å². The number of nitrogens with zero attached hydrogens (tertiary/aromatic N) is 2. The quantitative estimate of drug-likeness (QED) is 0.380. The number of hydrogen-bond acceptors (Lipinski definition) is 4. The third kappa shape index (κ3) is 6.60. The standard InChI is InChI=1S/C19H32N4OS/c1-2-20-19(21-8-3-12-24-15-16-4-5-16)22-9-11-23-10-6-18-17(14-23)7-13-25-18/h7,13,16H,2-6,8-12,14-15H2,1H3,(H2,20,21,22). The molecule has 2 aliphatic rings. The highest BCUT2D eigenvalue weighted by Gasteiger charge is 2.20. The number of nitrogens with one attached hydrogen (secondary N) is 2. The summed E-state index contributed by atoms with van der Waals surface area (Å²) in [6.07, 6.45) is 4.91. The van der Waals surface area contributed by atoms with Gasteiger partial charge in [-0.15, -0.1) is 11.3 Å². The second-order valence-electron chi connectivity index (χ2n) is 6.95. The maximum atomic E-state index is 5.67. The molecule has 1 fully saturated rings. The van der Waals surface area contributed by atoms with Crippen molar-refractivity contribution < 1.29 is 4.74 Å². The van der Waals surface area contributed by atoms with E-state index in [1.165, 1.54) is 31.4 Å². The summed E-state index contributed by atoms with van der Waals surface area (Å²) in [5.74, 6) is 1.78. The van der Waals surface area contributed by atoms with Crippen LogP contribution < -0.4 is 10.6 Å². The average molecular weight is 365 g/mol. The smallest absolute Gasteiger partial charge is 0.191 e. The van der Waals surface area contributed by atoms with Gasteiger partial charge in [0.05, 0.1) is 0 Å². The van der Waals surface area contributed by atoms with Gasteiger partial charge in [0.2, 0.25) is 0 Å². The van der Waals surface area contributed by atoms with Gasteiger partial charge in [0.15, 0.2) is 5.96 Å². The Morgan fingerprint density at radius 2 is 2.32 bits per heavy atom. The molecule has 1 aromatic rings. The molecule has 0 radical (unpaired) electrons. The fraction of sp³-hybridized carbons (Fsp3) is 0.737. The van der Waals surface area contributed by atoms with Crippen LogP contribution in [0.5, 0.6) is 0 Å². The summed E-state index contributed by atoms with van der Waals surface area (Å²) in [5, 5.41) is 9.02. The van der Waals surface area contributed by atoms with Crippen molar-refractivity contribution in [2.24, 2.45) is 10.9 Å². The van der Waals surface area contributed by atoms with Crippen LogP contribution in [-0.2, 0) is 17.7 Å². The van der Waals surface area contributed by atoms with Crippen molar-refractivity contribution in [2.75, 3.05) is 45.9 Å². The minimum absolute atomic E-state index is 0.821. The van der Waals surface area contributed by atoms with E-state index in [0.717, 1.165) is 64.2 Å². The lowest BCUT2D eigenvalue weighted by molar-refractivity contribution is 0.123. The van der Waals surface area contributed by atoms with Crippen molar-refractivity contribution in [3.8, 4) is 0 Å². The predicted octanol–water partition coefficient (Wildman–Crippen LogP) is 2.48. The van der Waals surface area contributed by atoms with Gasteiger partial charge in [-0.2, -0.15) is 0 Å². The molecule has 1 aliphatic carbocycles. The summed E-state index contributed by atoms with van der Waals surface area (Å²) in [6, 6.07) is 2.27. The molecular formula is C19H32N4OS. The Labute approximate surface area is 155 Å². The van der Waals surface area contributed by atoms with Gasteiger partial charge in [-0.3, -0.25) is 9.89 Å². The van der Waals surface area contributed by atoms with E-state index in [4.69, 9.17) is 4.74 Å². The van der Waals surface area contributed by atoms with Gasteiger partial charge in [-0.05, 0) is 55.5 Å². The molecule has 0 spiro atoms. The molecule has 1 aliphatic heterocycles. The first-order valence-electron chi connectivity index (χ1n) is 9.72. The third-order valence-electron chi connectivity index (χ3n) is 4.72. The number of rotatable bonds is 10. The molecule has 5 nitrogen and oxygen atoms in total. The summed E-state index contributed by atoms with van der Waals surface area (Å²) < 4.78 is 5.67. The second-order valence-corrected chi connectivity index (χ2v) is 7.96. The van der Waals surface area contributed by atoms with Crippen molar-refractivity contribution in [1.29, 1.82) is 0 Å². The fourth-order valence-electron chi connectivity index (χ4n) is 3.06. The van der Waals surface area contributed by atoms with Crippen molar-refractivity contribution in [2.45, 2.75) is 39.2 Å². The molecular weight excluding hydrogens is 332 g/mol. The minimum atomic E-state index is 0.821. The molecule has 2 heterocycles. The Balaban J connectivity index is 1.30. The fourth-order valence-corrected chi connectivity index (χ4v) is 3.95. The average Bonchev–Trinajstić information content (AvgIpc) is 3.33. The molecule has 0 amide bonds. The van der Waals surface area contributed by atoms with Crippen LogP contribution in [-0.4, -0.2) is 56.8 Å². The Hall–Kier alpha value is -1.11. The minimum Gasteiger partial charge on any atom is -0.381 e. The molecule has 0 saturated heterocycles. The number of aliphatic imine (C=N–C) groups is 1. The first-order chi connectivity index (χ1) is 12.3. The predicted molar refractivity (Wildman–Crippen MR) is 105 cm³/mol. The van der Waals surface area contributed by atoms with Crippen LogP contribution in [0.15, 0.2) is 16.4 Å². The highest BCUT2D eigenvalue weighted by molar-refractivity contribution is 7.10. The van der Waals surface area contributed by atoms with E-state index in [2.05, 4.69) is 38.9 Å². The molecule has 0 unspecified atom stereocenters. The first-order valence-corrected chi connectivity index (χ1v) is 10.6. The summed E-state index contributed by atoms with van der Waals surface area (Å²) in [7, 11) is 0. The first kappa shape index (κ1) is 18.7. The van der Waals surface area contributed by atoms with E-state index in [9.17, 15) is 0 Å². The van der Waals surface area contributed by atoms with Crippen molar-refractivity contribution in [1.82, 2.24) is 15.5 Å². The van der Waals surface area contributed by atoms with E-state index in [1.54, 1.807) is 4.88 Å². The Morgan fingerprint density at radius 1 is 1.40 bits per heavy atom. The molecule has 140 valence electrons. The zero-order valence-electron chi connectivity index (χ0n) is 15.4. The van der Waals surface area contributed by atoms with Crippen LogP contribution in [0, 0.1) is 5.92 Å². The Morgan fingerprint density at radius 3 is 3.16 bits per heavy atom. The van der Waals surface area contributed by atoms with Crippen LogP contribution in [0.4, 0.5) is 0 Å². The van der Waals surface area contributed by atoms with Crippen molar-refractivity contribution in [3.63, 3.8) is 0 Å². The van der Waals surface area contributed by atoms with E-state index in [-0.39, 0.29) is 0 Å². The molecule has 0 bridgehead atoms. The van der Waals surface area contributed by atoms with E-state index in [0.29, 0.717) is 0 Å². The third-order valence-corrected chi connectivity index (χ3v) is 5.74. The van der Waals surface area contributed by atoms with E-state index in [1.807, 2.05) is 11.3 Å². The summed E-state index contributed by atoms with van der Waals surface area (Å²) >= 11 is 1.90. The maximum Gasteiger partial charge on any atom is 0.191 e. The monoisotopic (exact) mass is 364 g/mol. The lowest BCUT2D eigenvalue weighted by Crippen LogP contribution is -2.42. The number of ether oxygens (including phenoxy) is 1. The number of thiophene rings is 1. The molecule has 6 heteroatoms. The van der Waals surface area contributed by atoms with Gasteiger partial charge >= 0.3 is 0 Å². The van der Waals surface area contributed by atoms with Gasteiger partial charge in [-0.25, -0.2) is 0 Å². The SMILES string of the molecule is CCNC(=NCCCOCC1CC1)NCCN1CCc2sccc2C1. The number of hydrogen-bond donors (Lipinski definition) is 2. The van der Waals surface area contributed by atoms with Gasteiger partial charge < -0.3 is 15.4 Å². The van der Waals surface area contributed by atoms with Gasteiger partial charge in [0.1, 0.15) is 0 Å². The zero-order chi connectivity index (χ0) is 17.3. The van der Waals surface area contributed by atoms with E-state index < -0.39 is 0 Å². The van der Waals surface area contributed by atoms with Crippen LogP contribution in [0.3, 0.4) is 0 Å². The number of guanidine groups is 1. The van der Waals surface area contributed by atoms with Crippen molar-refractivity contribution >= 4 is 17.3 Å². The highest BCUT2D eigenvalue weighted by Crippen LogP contribution is 2.28. The van der Waals surface area contributed by atoms with Crippen LogP contribution >= 0.6 is 11.3 Å². The topological polar surface area (TPSA) is 48.9 Å². The lowest BCUT2D eigenvalue weighted by Gasteiger charge is -2.27. The molecule has 25 heavy (non-hydrogen) atoms. The normalized spacial score (nSPS) is 18.2. The van der Waals surface area contributed by atoms with Crippen molar-refractivity contribution in [3.05, 3.63) is 21.9 Å². The van der Waals surface area contributed by atoms with Gasteiger partial charge in [0, 0.05) is 57.4 Å². The molecule has 0 aromatic carbocycles. The zero-order valence-corrected chi connectivity index (χ0v) is 16.2. The van der Waals surface area contributed by atoms with Crippen LogP contribution in [0.1, 0.15) is 36.6 Å². The molecule has 2 N–H and O–H groups in total. The highest BCUT2D eigenvalue weighted by atomic mass is 32.1. The van der Waals surface area contributed by atoms with Gasteiger partial charge in [0.25, 0.3) is 0 Å². The lowest BCUT2D eigenvalue weighted by atomic mass is 10.1.